The molecule has 0 aliphatic rings. The Bertz CT molecular complexity index is 595. The van der Waals surface area contributed by atoms with Crippen molar-refractivity contribution in [3.05, 3.63) is 57.6 Å². The van der Waals surface area contributed by atoms with Crippen LogP contribution in [0.3, 0.4) is 0 Å². The fourth-order valence-corrected chi connectivity index (χ4v) is 3.16. The van der Waals surface area contributed by atoms with E-state index in [1.807, 2.05) is 0 Å². The second-order valence-corrected chi connectivity index (χ2v) is 6.53. The van der Waals surface area contributed by atoms with Crippen LogP contribution in [-0.2, 0) is 0 Å². The highest BCUT2D eigenvalue weighted by molar-refractivity contribution is 5.44. The van der Waals surface area contributed by atoms with Crippen molar-refractivity contribution >= 4 is 0 Å². The zero-order valence-electron chi connectivity index (χ0n) is 15.4. The highest BCUT2D eigenvalue weighted by atomic mass is 16.7. The van der Waals surface area contributed by atoms with Crippen LogP contribution >= 0.6 is 0 Å². The molecule has 2 nitrogen and oxygen atoms in total. The maximum atomic E-state index is 6.20. The van der Waals surface area contributed by atoms with Gasteiger partial charge in [-0.25, -0.2) is 0 Å². The molecule has 0 saturated carbocycles. The second kappa shape index (κ2) is 7.08. The first-order valence-corrected chi connectivity index (χ1v) is 8.30. The Morgan fingerprint density at radius 1 is 0.652 bits per heavy atom. The number of hydrogen-bond donors (Lipinski definition) is 0. The van der Waals surface area contributed by atoms with E-state index in [0.717, 1.165) is 40.2 Å². The number of ether oxygens (including phenoxy) is 2. The van der Waals surface area contributed by atoms with E-state index in [4.69, 9.17) is 9.47 Å². The van der Waals surface area contributed by atoms with Gasteiger partial charge >= 0.3 is 0 Å². The largest absolute Gasteiger partial charge is 0.454 e. The lowest BCUT2D eigenvalue weighted by Gasteiger charge is -2.24. The highest BCUT2D eigenvalue weighted by Gasteiger charge is 2.16. The van der Waals surface area contributed by atoms with Gasteiger partial charge in [0, 0.05) is 6.42 Å². The van der Waals surface area contributed by atoms with E-state index < -0.39 is 0 Å². The van der Waals surface area contributed by atoms with Crippen molar-refractivity contribution in [2.75, 3.05) is 0 Å². The Morgan fingerprint density at radius 2 is 0.957 bits per heavy atom. The van der Waals surface area contributed by atoms with Crippen molar-refractivity contribution in [2.45, 2.75) is 61.2 Å². The number of hydrogen-bond acceptors (Lipinski definition) is 2. The van der Waals surface area contributed by atoms with Crippen LogP contribution in [0.4, 0.5) is 0 Å². The first kappa shape index (κ1) is 17.4. The van der Waals surface area contributed by atoms with E-state index in [-0.39, 0.29) is 6.29 Å². The molecular formula is C21H28O2. The molecule has 0 aliphatic heterocycles. The Kier molecular flexibility index (Phi) is 5.35. The summed E-state index contributed by atoms with van der Waals surface area (Å²) in [5.74, 6) is 1.87. The van der Waals surface area contributed by atoms with Gasteiger partial charge < -0.3 is 9.47 Å². The number of rotatable bonds is 5. The summed E-state index contributed by atoms with van der Waals surface area (Å²) in [5.41, 5.74) is 7.13. The molecule has 2 aromatic rings. The molecule has 0 saturated heterocycles. The summed E-state index contributed by atoms with van der Waals surface area (Å²) in [6, 6.07) is 8.60. The normalized spacial score (nSPS) is 11.0. The van der Waals surface area contributed by atoms with Crippen LogP contribution in [-0.4, -0.2) is 6.29 Å². The zero-order valence-corrected chi connectivity index (χ0v) is 15.4. The number of aryl methyl sites for hydroxylation is 6. The van der Waals surface area contributed by atoms with Crippen molar-refractivity contribution in [1.82, 2.24) is 0 Å². The van der Waals surface area contributed by atoms with Crippen molar-refractivity contribution in [1.29, 1.82) is 0 Å². The molecule has 23 heavy (non-hydrogen) atoms. The van der Waals surface area contributed by atoms with E-state index in [1.54, 1.807) is 0 Å². The molecular weight excluding hydrogens is 284 g/mol. The number of benzene rings is 2. The third kappa shape index (κ3) is 4.07. The van der Waals surface area contributed by atoms with Gasteiger partial charge in [0.1, 0.15) is 11.5 Å². The molecule has 2 heteroatoms. The molecule has 0 aliphatic carbocycles. The first-order chi connectivity index (χ1) is 10.8. The van der Waals surface area contributed by atoms with Crippen molar-refractivity contribution in [2.24, 2.45) is 0 Å². The lowest BCUT2D eigenvalue weighted by molar-refractivity contribution is 0.00124. The quantitative estimate of drug-likeness (QED) is 0.656. The molecule has 0 amide bonds. The van der Waals surface area contributed by atoms with Crippen molar-refractivity contribution < 1.29 is 9.47 Å². The Morgan fingerprint density at radius 3 is 1.22 bits per heavy atom. The molecule has 0 radical (unpaired) electrons. The topological polar surface area (TPSA) is 18.5 Å². The summed E-state index contributed by atoms with van der Waals surface area (Å²) >= 11 is 0. The van der Waals surface area contributed by atoms with Crippen LogP contribution in [0.15, 0.2) is 24.3 Å². The third-order valence-corrected chi connectivity index (χ3v) is 4.04. The van der Waals surface area contributed by atoms with Gasteiger partial charge in [0.15, 0.2) is 0 Å². The third-order valence-electron chi connectivity index (χ3n) is 4.04. The molecule has 0 bridgehead atoms. The van der Waals surface area contributed by atoms with Gasteiger partial charge in [0.2, 0.25) is 6.29 Å². The monoisotopic (exact) mass is 312 g/mol. The second-order valence-electron chi connectivity index (χ2n) is 6.53. The minimum absolute atomic E-state index is 0.282. The molecule has 0 aromatic heterocycles. The smallest absolute Gasteiger partial charge is 0.240 e. The molecule has 0 unspecified atom stereocenters. The van der Waals surface area contributed by atoms with Crippen molar-refractivity contribution in [3.8, 4) is 11.5 Å². The van der Waals surface area contributed by atoms with Crippen LogP contribution in [0, 0.1) is 41.5 Å². The molecule has 124 valence electrons. The maximum Gasteiger partial charge on any atom is 0.240 e. The van der Waals surface area contributed by atoms with Gasteiger partial charge in [-0.3, -0.25) is 0 Å². The molecule has 2 aromatic carbocycles. The van der Waals surface area contributed by atoms with Gasteiger partial charge in [0.25, 0.3) is 0 Å². The van der Waals surface area contributed by atoms with Crippen molar-refractivity contribution in [3.63, 3.8) is 0 Å². The van der Waals surface area contributed by atoms with Crippen LogP contribution in [0.25, 0.3) is 0 Å². The first-order valence-electron chi connectivity index (χ1n) is 8.30. The molecule has 2 rings (SSSR count). The van der Waals surface area contributed by atoms with E-state index in [1.165, 1.54) is 11.1 Å². The van der Waals surface area contributed by atoms with E-state index in [9.17, 15) is 0 Å². The van der Waals surface area contributed by atoms with Crippen LogP contribution in [0.5, 0.6) is 11.5 Å². The Labute approximate surface area is 140 Å². The zero-order chi connectivity index (χ0) is 17.1. The molecule has 0 heterocycles. The predicted octanol–water partition coefficient (Wildman–Crippen LogP) is 5.73. The molecule has 0 spiro atoms. The van der Waals surface area contributed by atoms with Crippen LogP contribution < -0.4 is 9.47 Å². The maximum absolute atomic E-state index is 6.20. The SMILES string of the molecule is CCC(Oc1c(C)cc(C)cc1C)Oc1c(C)cc(C)cc1C. The van der Waals surface area contributed by atoms with Gasteiger partial charge in [-0.2, -0.15) is 0 Å². The average Bonchev–Trinajstić information content (AvgIpc) is 2.44. The van der Waals surface area contributed by atoms with E-state index in [2.05, 4.69) is 72.7 Å². The van der Waals surface area contributed by atoms with E-state index >= 15 is 0 Å². The summed E-state index contributed by atoms with van der Waals surface area (Å²) in [5, 5.41) is 0. The van der Waals surface area contributed by atoms with Gasteiger partial charge in [-0.1, -0.05) is 42.3 Å². The molecule has 0 atom stereocenters. The summed E-state index contributed by atoms with van der Waals surface area (Å²) in [6.07, 6.45) is 0.509. The fraction of sp³-hybridized carbons (Fsp3) is 0.429. The standard InChI is InChI=1S/C21H28O2/c1-8-19(22-20-15(4)9-13(2)10-16(20)5)23-21-17(6)11-14(3)12-18(21)7/h9-12,19H,8H2,1-7H3. The summed E-state index contributed by atoms with van der Waals surface area (Å²) in [7, 11) is 0. The molecule has 0 N–H and O–H groups in total. The summed E-state index contributed by atoms with van der Waals surface area (Å²) in [4.78, 5) is 0. The van der Waals surface area contributed by atoms with Crippen LogP contribution in [0.2, 0.25) is 0 Å². The Balaban J connectivity index is 2.26. The van der Waals surface area contributed by atoms with Gasteiger partial charge in [-0.05, 0) is 63.8 Å². The van der Waals surface area contributed by atoms with Gasteiger partial charge in [0.05, 0.1) is 0 Å². The van der Waals surface area contributed by atoms with Gasteiger partial charge in [-0.15, -0.1) is 0 Å². The Hall–Kier alpha value is -1.96. The highest BCUT2D eigenvalue weighted by Crippen LogP contribution is 2.29. The summed E-state index contributed by atoms with van der Waals surface area (Å²) < 4.78 is 12.4. The fourth-order valence-electron chi connectivity index (χ4n) is 3.16. The van der Waals surface area contributed by atoms with Crippen LogP contribution in [0.1, 0.15) is 46.7 Å². The molecule has 0 fully saturated rings. The lowest BCUT2D eigenvalue weighted by atomic mass is 10.1. The predicted molar refractivity (Wildman–Crippen MR) is 96.6 cm³/mol. The average molecular weight is 312 g/mol. The van der Waals surface area contributed by atoms with E-state index in [0.29, 0.717) is 0 Å². The summed E-state index contributed by atoms with van der Waals surface area (Å²) in [6.45, 7) is 14.7. The minimum Gasteiger partial charge on any atom is -0.454 e. The minimum atomic E-state index is -0.282. The lowest BCUT2D eigenvalue weighted by Crippen LogP contribution is -2.24.